The van der Waals surface area contributed by atoms with E-state index in [0.29, 0.717) is 0 Å². The molecule has 4 amide bonds. The van der Waals surface area contributed by atoms with Gasteiger partial charge in [-0.1, -0.05) is 0 Å². The zero-order valence-electron chi connectivity index (χ0n) is 13.0. The molecule has 0 fully saturated rings. The highest BCUT2D eigenvalue weighted by Crippen LogP contribution is 2.07. The molecule has 1 heterocycles. The first-order valence-electron chi connectivity index (χ1n) is 6.96. The summed E-state index contributed by atoms with van der Waals surface area (Å²) in [7, 11) is 0. The number of esters is 1. The van der Waals surface area contributed by atoms with Gasteiger partial charge in [-0.15, -0.1) is 0 Å². The Morgan fingerprint density at radius 2 is 1.64 bits per heavy atom. The fourth-order valence-electron chi connectivity index (χ4n) is 1.67. The summed E-state index contributed by atoms with van der Waals surface area (Å²) in [6, 6.07) is -0.476. The summed E-state index contributed by atoms with van der Waals surface area (Å²) in [4.78, 5) is 46.4. The lowest BCUT2D eigenvalue weighted by Crippen LogP contribution is -2.42. The van der Waals surface area contributed by atoms with Gasteiger partial charge in [-0.05, 0) is 20.8 Å². The first kappa shape index (κ1) is 17.7. The van der Waals surface area contributed by atoms with Gasteiger partial charge in [0.1, 0.15) is 5.60 Å². The Kier molecular flexibility index (Phi) is 6.09. The van der Waals surface area contributed by atoms with Crippen LogP contribution in [0.2, 0.25) is 0 Å². The smallest absolute Gasteiger partial charge is 0.314 e. The zero-order chi connectivity index (χ0) is 16.8. The quantitative estimate of drug-likeness (QED) is 0.528. The average Bonchev–Trinajstić information content (AvgIpc) is 2.68. The number of hydrogen-bond donors (Lipinski definition) is 2. The molecule has 8 heteroatoms. The van der Waals surface area contributed by atoms with Crippen LogP contribution >= 0.6 is 0 Å². The van der Waals surface area contributed by atoms with Gasteiger partial charge in [0, 0.05) is 31.8 Å². The lowest BCUT2D eigenvalue weighted by Gasteiger charge is -2.19. The molecule has 1 aliphatic heterocycles. The standard InChI is InChI=1S/C14H21N3O5/c1-14(2,3)22-12(20)6-7-15-13(21)16-8-9-17-10(18)4-5-11(17)19/h4-5H,6-9H2,1-3H3,(H2,15,16,21). The number of urea groups is 1. The van der Waals surface area contributed by atoms with E-state index in [0.717, 1.165) is 4.90 Å². The molecule has 8 nitrogen and oxygen atoms in total. The van der Waals surface area contributed by atoms with Crippen LogP contribution in [0.15, 0.2) is 12.2 Å². The molecule has 2 N–H and O–H groups in total. The van der Waals surface area contributed by atoms with Crippen molar-refractivity contribution < 1.29 is 23.9 Å². The van der Waals surface area contributed by atoms with Crippen LogP contribution < -0.4 is 10.6 Å². The minimum Gasteiger partial charge on any atom is -0.460 e. The van der Waals surface area contributed by atoms with Gasteiger partial charge >= 0.3 is 12.0 Å². The summed E-state index contributed by atoms with van der Waals surface area (Å²) in [5.74, 6) is -1.18. The molecule has 0 aliphatic carbocycles. The van der Waals surface area contributed by atoms with E-state index in [9.17, 15) is 19.2 Å². The highest BCUT2D eigenvalue weighted by atomic mass is 16.6. The number of imide groups is 1. The maximum Gasteiger partial charge on any atom is 0.314 e. The number of amides is 4. The van der Waals surface area contributed by atoms with Crippen molar-refractivity contribution in [3.63, 3.8) is 0 Å². The summed E-state index contributed by atoms with van der Waals surface area (Å²) in [5, 5.41) is 4.99. The van der Waals surface area contributed by atoms with Crippen molar-refractivity contribution in [3.05, 3.63) is 12.2 Å². The SMILES string of the molecule is CC(C)(C)OC(=O)CCNC(=O)NCCN1C(=O)C=CC1=O. The van der Waals surface area contributed by atoms with Gasteiger partial charge in [-0.2, -0.15) is 0 Å². The van der Waals surface area contributed by atoms with E-state index < -0.39 is 29.4 Å². The van der Waals surface area contributed by atoms with E-state index in [1.54, 1.807) is 20.8 Å². The van der Waals surface area contributed by atoms with Crippen molar-refractivity contribution in [2.75, 3.05) is 19.6 Å². The minimum atomic E-state index is -0.553. The molecule has 0 atom stereocenters. The molecule has 0 aromatic carbocycles. The second kappa shape index (κ2) is 7.58. The number of carbonyl (C=O) groups excluding carboxylic acids is 4. The molecule has 0 radical (unpaired) electrons. The molecule has 122 valence electrons. The Bertz CT molecular complexity index is 475. The van der Waals surface area contributed by atoms with Gasteiger partial charge in [0.2, 0.25) is 0 Å². The zero-order valence-corrected chi connectivity index (χ0v) is 13.0. The Balaban J connectivity index is 2.13. The molecule has 0 saturated carbocycles. The number of carbonyl (C=O) groups is 4. The van der Waals surface area contributed by atoms with Gasteiger partial charge in [-0.3, -0.25) is 19.3 Å². The highest BCUT2D eigenvalue weighted by Gasteiger charge is 2.22. The van der Waals surface area contributed by atoms with Crippen molar-refractivity contribution in [2.45, 2.75) is 32.8 Å². The molecule has 0 aromatic heterocycles. The first-order valence-corrected chi connectivity index (χ1v) is 6.96. The van der Waals surface area contributed by atoms with E-state index in [2.05, 4.69) is 10.6 Å². The third-order valence-corrected chi connectivity index (χ3v) is 2.56. The minimum absolute atomic E-state index is 0.0672. The van der Waals surface area contributed by atoms with Crippen LogP contribution in [0.4, 0.5) is 4.79 Å². The topological polar surface area (TPSA) is 105 Å². The number of hydrogen-bond acceptors (Lipinski definition) is 5. The van der Waals surface area contributed by atoms with E-state index >= 15 is 0 Å². The van der Waals surface area contributed by atoms with Gasteiger partial charge < -0.3 is 15.4 Å². The third kappa shape index (κ3) is 6.38. The van der Waals surface area contributed by atoms with Gasteiger partial charge in [0.25, 0.3) is 11.8 Å². The highest BCUT2D eigenvalue weighted by molar-refractivity contribution is 6.12. The summed E-state index contributed by atoms with van der Waals surface area (Å²) >= 11 is 0. The van der Waals surface area contributed by atoms with Gasteiger partial charge in [-0.25, -0.2) is 4.79 Å². The Morgan fingerprint density at radius 1 is 1.09 bits per heavy atom. The monoisotopic (exact) mass is 311 g/mol. The van der Waals surface area contributed by atoms with E-state index in [-0.39, 0.29) is 26.1 Å². The number of rotatable bonds is 6. The lowest BCUT2D eigenvalue weighted by atomic mass is 10.2. The van der Waals surface area contributed by atoms with Crippen molar-refractivity contribution in [1.29, 1.82) is 0 Å². The number of ether oxygens (including phenoxy) is 1. The average molecular weight is 311 g/mol. The maximum atomic E-state index is 11.5. The molecule has 1 aliphatic rings. The van der Waals surface area contributed by atoms with Crippen molar-refractivity contribution in [1.82, 2.24) is 15.5 Å². The van der Waals surface area contributed by atoms with E-state index in [4.69, 9.17) is 4.74 Å². The number of nitrogens with zero attached hydrogens (tertiary/aromatic N) is 1. The van der Waals surface area contributed by atoms with Crippen LogP contribution in [0.1, 0.15) is 27.2 Å². The van der Waals surface area contributed by atoms with Crippen LogP contribution in [-0.2, 0) is 19.1 Å². The van der Waals surface area contributed by atoms with Crippen LogP contribution in [-0.4, -0.2) is 54.0 Å². The molecule has 0 aromatic rings. The lowest BCUT2D eigenvalue weighted by molar-refractivity contribution is -0.154. The predicted molar refractivity (Wildman–Crippen MR) is 77.7 cm³/mol. The summed E-state index contributed by atoms with van der Waals surface area (Å²) in [6.45, 7) is 5.67. The van der Waals surface area contributed by atoms with Crippen LogP contribution in [0.25, 0.3) is 0 Å². The second-order valence-corrected chi connectivity index (χ2v) is 5.68. The third-order valence-electron chi connectivity index (χ3n) is 2.56. The van der Waals surface area contributed by atoms with Gasteiger partial charge in [0.05, 0.1) is 6.42 Å². The summed E-state index contributed by atoms with van der Waals surface area (Å²) in [6.07, 6.45) is 2.43. The largest absolute Gasteiger partial charge is 0.460 e. The second-order valence-electron chi connectivity index (χ2n) is 5.68. The van der Waals surface area contributed by atoms with Crippen LogP contribution in [0, 0.1) is 0 Å². The summed E-state index contributed by atoms with van der Waals surface area (Å²) in [5.41, 5.74) is -0.553. The number of nitrogens with one attached hydrogen (secondary N) is 2. The Morgan fingerprint density at radius 3 is 2.18 bits per heavy atom. The normalized spacial score (nSPS) is 14.2. The maximum absolute atomic E-state index is 11.5. The summed E-state index contributed by atoms with van der Waals surface area (Å²) < 4.78 is 5.09. The van der Waals surface area contributed by atoms with E-state index in [1.165, 1.54) is 12.2 Å². The fourth-order valence-corrected chi connectivity index (χ4v) is 1.67. The molecular formula is C14H21N3O5. The van der Waals surface area contributed by atoms with E-state index in [1.807, 2.05) is 0 Å². The molecule has 0 spiro atoms. The molecule has 1 rings (SSSR count). The van der Waals surface area contributed by atoms with Crippen LogP contribution in [0.5, 0.6) is 0 Å². The molecule has 0 saturated heterocycles. The fraction of sp³-hybridized carbons (Fsp3) is 0.571. The van der Waals surface area contributed by atoms with Gasteiger partial charge in [0.15, 0.2) is 0 Å². The Labute approximate surface area is 128 Å². The molecular weight excluding hydrogens is 290 g/mol. The van der Waals surface area contributed by atoms with Crippen molar-refractivity contribution in [2.24, 2.45) is 0 Å². The molecule has 0 bridgehead atoms. The molecule has 0 unspecified atom stereocenters. The Hall–Kier alpha value is -2.38. The van der Waals surface area contributed by atoms with Crippen molar-refractivity contribution >= 4 is 23.8 Å². The predicted octanol–water partition coefficient (Wildman–Crippen LogP) is -0.0576. The van der Waals surface area contributed by atoms with Crippen LogP contribution in [0.3, 0.4) is 0 Å². The van der Waals surface area contributed by atoms with Crippen molar-refractivity contribution in [3.8, 4) is 0 Å². The first-order chi connectivity index (χ1) is 10.2. The molecule has 22 heavy (non-hydrogen) atoms.